The van der Waals surface area contributed by atoms with E-state index >= 15 is 0 Å². The summed E-state index contributed by atoms with van der Waals surface area (Å²) in [6.07, 6.45) is 7.71. The molecule has 0 aromatic rings. The highest BCUT2D eigenvalue weighted by molar-refractivity contribution is 5.36. The number of rotatable bonds is 20. The smallest absolute Gasteiger partial charge is 0.293 e. The second-order valence-electron chi connectivity index (χ2n) is 5.18. The largest absolute Gasteiger partial charge is 0.465 e. The first-order chi connectivity index (χ1) is 11.4. The third-order valence-electron chi connectivity index (χ3n) is 3.17. The fraction of sp³-hybridized carbons (Fsp3) is 0.941. The number of hydrogen-bond acceptors (Lipinski definition) is 6. The number of carbonyl (C=O) groups is 1. The predicted octanol–water partition coefficient (Wildman–Crippen LogP) is 2.59. The molecule has 0 saturated heterocycles. The first kappa shape index (κ1) is 22.3. The summed E-state index contributed by atoms with van der Waals surface area (Å²) in [5.74, 6) is 0. The van der Waals surface area contributed by atoms with Gasteiger partial charge in [0.05, 0.1) is 46.2 Å². The van der Waals surface area contributed by atoms with Crippen LogP contribution in [0.1, 0.15) is 45.4 Å². The van der Waals surface area contributed by atoms with Crippen molar-refractivity contribution in [1.29, 1.82) is 0 Å². The van der Waals surface area contributed by atoms with Crippen molar-refractivity contribution in [2.45, 2.75) is 45.4 Å². The Morgan fingerprint density at radius 2 is 1.00 bits per heavy atom. The third kappa shape index (κ3) is 21.3. The Balaban J connectivity index is 2.93. The average molecular weight is 334 g/mol. The molecule has 0 heterocycles. The van der Waals surface area contributed by atoms with Crippen molar-refractivity contribution in [2.24, 2.45) is 0 Å². The molecular formula is C17H34O6. The van der Waals surface area contributed by atoms with Gasteiger partial charge in [-0.1, -0.05) is 39.0 Å². The van der Waals surface area contributed by atoms with Crippen LogP contribution in [-0.4, -0.2) is 65.9 Å². The third-order valence-corrected chi connectivity index (χ3v) is 3.17. The van der Waals surface area contributed by atoms with Gasteiger partial charge in [-0.05, 0) is 6.42 Å². The van der Waals surface area contributed by atoms with Gasteiger partial charge in [0.25, 0.3) is 6.47 Å². The maximum absolute atomic E-state index is 9.86. The Kier molecular flexibility index (Phi) is 20.7. The number of hydrogen-bond donors (Lipinski definition) is 0. The zero-order valence-corrected chi connectivity index (χ0v) is 14.6. The molecule has 0 radical (unpaired) electrons. The van der Waals surface area contributed by atoms with Crippen molar-refractivity contribution >= 4 is 6.47 Å². The van der Waals surface area contributed by atoms with E-state index in [0.29, 0.717) is 52.7 Å². The summed E-state index contributed by atoms with van der Waals surface area (Å²) in [4.78, 5) is 9.86. The summed E-state index contributed by atoms with van der Waals surface area (Å²) in [5, 5.41) is 0. The SMILES string of the molecule is CCCCCCCCOCCOCCOCCOCCOC=O. The van der Waals surface area contributed by atoms with Crippen LogP contribution >= 0.6 is 0 Å². The standard InChI is InChI=1S/C17H34O6/c1-2-3-4-5-6-7-8-19-9-10-20-11-12-21-13-14-22-15-16-23-17-18/h17H,2-16H2,1H3. The highest BCUT2D eigenvalue weighted by atomic mass is 16.6. The summed E-state index contributed by atoms with van der Waals surface area (Å²) in [7, 11) is 0. The maximum Gasteiger partial charge on any atom is 0.293 e. The molecule has 0 aromatic carbocycles. The Labute approximate surface area is 140 Å². The van der Waals surface area contributed by atoms with E-state index in [1.54, 1.807) is 0 Å². The minimum Gasteiger partial charge on any atom is -0.465 e. The molecule has 0 fully saturated rings. The van der Waals surface area contributed by atoms with Crippen molar-refractivity contribution < 1.29 is 28.5 Å². The van der Waals surface area contributed by atoms with Gasteiger partial charge in [-0.25, -0.2) is 0 Å². The topological polar surface area (TPSA) is 63.2 Å². The normalized spacial score (nSPS) is 10.8. The van der Waals surface area contributed by atoms with Crippen LogP contribution < -0.4 is 0 Å². The van der Waals surface area contributed by atoms with E-state index in [1.807, 2.05) is 0 Å². The van der Waals surface area contributed by atoms with Crippen molar-refractivity contribution in [3.8, 4) is 0 Å². The number of carbonyl (C=O) groups excluding carboxylic acids is 1. The molecule has 0 aliphatic rings. The Morgan fingerprint density at radius 1 is 0.565 bits per heavy atom. The van der Waals surface area contributed by atoms with Crippen LogP contribution in [-0.2, 0) is 28.5 Å². The second kappa shape index (κ2) is 21.3. The lowest BCUT2D eigenvalue weighted by Gasteiger charge is -2.07. The molecule has 0 spiro atoms. The zero-order valence-electron chi connectivity index (χ0n) is 14.6. The van der Waals surface area contributed by atoms with Crippen molar-refractivity contribution in [3.63, 3.8) is 0 Å². The summed E-state index contributed by atoms with van der Waals surface area (Å²) < 4.78 is 25.9. The Hall–Kier alpha value is -0.690. The van der Waals surface area contributed by atoms with Crippen LogP contribution in [0.2, 0.25) is 0 Å². The van der Waals surface area contributed by atoms with E-state index in [1.165, 1.54) is 32.1 Å². The van der Waals surface area contributed by atoms with Crippen LogP contribution in [0.15, 0.2) is 0 Å². The summed E-state index contributed by atoms with van der Waals surface area (Å²) in [6.45, 7) is 7.53. The molecule has 0 amide bonds. The van der Waals surface area contributed by atoms with Gasteiger partial charge >= 0.3 is 0 Å². The molecule has 0 aromatic heterocycles. The minimum absolute atomic E-state index is 0.283. The molecule has 6 heteroatoms. The molecule has 0 unspecified atom stereocenters. The summed E-state index contributed by atoms with van der Waals surface area (Å²) >= 11 is 0. The van der Waals surface area contributed by atoms with E-state index in [-0.39, 0.29) is 6.61 Å². The van der Waals surface area contributed by atoms with Gasteiger partial charge in [0.15, 0.2) is 0 Å². The molecule has 138 valence electrons. The Morgan fingerprint density at radius 3 is 1.52 bits per heavy atom. The molecule has 23 heavy (non-hydrogen) atoms. The Bertz CT molecular complexity index is 225. The second-order valence-corrected chi connectivity index (χ2v) is 5.18. The lowest BCUT2D eigenvalue weighted by atomic mass is 10.1. The lowest BCUT2D eigenvalue weighted by molar-refractivity contribution is -0.130. The van der Waals surface area contributed by atoms with Crippen LogP contribution in [0.5, 0.6) is 0 Å². The van der Waals surface area contributed by atoms with E-state index in [4.69, 9.17) is 18.9 Å². The van der Waals surface area contributed by atoms with E-state index in [2.05, 4.69) is 11.7 Å². The molecule has 0 aliphatic carbocycles. The summed E-state index contributed by atoms with van der Waals surface area (Å²) in [5.41, 5.74) is 0. The van der Waals surface area contributed by atoms with Gasteiger partial charge in [-0.3, -0.25) is 4.79 Å². The molecule has 6 nitrogen and oxygen atoms in total. The van der Waals surface area contributed by atoms with E-state index in [9.17, 15) is 4.79 Å². The highest BCUT2D eigenvalue weighted by Crippen LogP contribution is 2.04. The number of ether oxygens (including phenoxy) is 5. The molecule has 0 bridgehead atoms. The van der Waals surface area contributed by atoms with E-state index in [0.717, 1.165) is 13.0 Å². The van der Waals surface area contributed by atoms with E-state index < -0.39 is 0 Å². The predicted molar refractivity (Wildman–Crippen MR) is 88.7 cm³/mol. The van der Waals surface area contributed by atoms with Gasteiger partial charge in [0, 0.05) is 6.61 Å². The fourth-order valence-corrected chi connectivity index (χ4v) is 1.90. The lowest BCUT2D eigenvalue weighted by Crippen LogP contribution is -2.13. The van der Waals surface area contributed by atoms with Gasteiger partial charge in [0.1, 0.15) is 6.61 Å². The van der Waals surface area contributed by atoms with Gasteiger partial charge in [0.2, 0.25) is 0 Å². The van der Waals surface area contributed by atoms with Crippen molar-refractivity contribution in [3.05, 3.63) is 0 Å². The van der Waals surface area contributed by atoms with Crippen LogP contribution in [0.3, 0.4) is 0 Å². The molecule has 0 rings (SSSR count). The molecular weight excluding hydrogens is 300 g/mol. The number of unbranched alkanes of at least 4 members (excludes halogenated alkanes) is 5. The molecule has 0 atom stereocenters. The maximum atomic E-state index is 9.86. The highest BCUT2D eigenvalue weighted by Gasteiger charge is 1.94. The van der Waals surface area contributed by atoms with Gasteiger partial charge in [-0.15, -0.1) is 0 Å². The molecule has 0 N–H and O–H groups in total. The quantitative estimate of drug-likeness (QED) is 0.252. The van der Waals surface area contributed by atoms with Crippen LogP contribution in [0, 0.1) is 0 Å². The first-order valence-electron chi connectivity index (χ1n) is 8.78. The van der Waals surface area contributed by atoms with Crippen LogP contribution in [0.25, 0.3) is 0 Å². The van der Waals surface area contributed by atoms with Gasteiger partial charge < -0.3 is 23.7 Å². The molecule has 0 saturated carbocycles. The van der Waals surface area contributed by atoms with Gasteiger partial charge in [-0.2, -0.15) is 0 Å². The van der Waals surface area contributed by atoms with Crippen molar-refractivity contribution in [2.75, 3.05) is 59.5 Å². The first-order valence-corrected chi connectivity index (χ1v) is 8.78. The summed E-state index contributed by atoms with van der Waals surface area (Å²) in [6, 6.07) is 0. The monoisotopic (exact) mass is 334 g/mol. The van der Waals surface area contributed by atoms with Crippen LogP contribution in [0.4, 0.5) is 0 Å². The minimum atomic E-state index is 0.283. The average Bonchev–Trinajstić information content (AvgIpc) is 2.57. The molecule has 0 aliphatic heterocycles. The van der Waals surface area contributed by atoms with Crippen molar-refractivity contribution in [1.82, 2.24) is 0 Å². The zero-order chi connectivity index (χ0) is 16.8. The fourth-order valence-electron chi connectivity index (χ4n) is 1.90.